The summed E-state index contributed by atoms with van der Waals surface area (Å²) in [4.78, 5) is 38.3. The van der Waals surface area contributed by atoms with E-state index in [1.807, 2.05) is 6.08 Å². The van der Waals surface area contributed by atoms with E-state index in [0.29, 0.717) is 19.3 Å². The van der Waals surface area contributed by atoms with E-state index < -0.39 is 6.10 Å². The van der Waals surface area contributed by atoms with Gasteiger partial charge in [0.05, 0.1) is 0 Å². The molecule has 0 aromatic rings. The van der Waals surface area contributed by atoms with Crippen LogP contribution in [0.2, 0.25) is 0 Å². The topological polar surface area (TPSA) is 78.9 Å². The van der Waals surface area contributed by atoms with Crippen LogP contribution in [0.5, 0.6) is 0 Å². The Hall–Kier alpha value is -3.15. The number of hydrogen-bond donors (Lipinski definition) is 0. The van der Waals surface area contributed by atoms with Crippen LogP contribution in [0.25, 0.3) is 0 Å². The summed E-state index contributed by atoms with van der Waals surface area (Å²) in [6.07, 6.45) is 82.0. The third kappa shape index (κ3) is 61.6. The van der Waals surface area contributed by atoms with Crippen molar-refractivity contribution in [2.45, 2.75) is 335 Å². The van der Waals surface area contributed by atoms with E-state index in [1.54, 1.807) is 0 Å². The fourth-order valence-corrected chi connectivity index (χ4v) is 9.31. The van der Waals surface area contributed by atoms with Crippen LogP contribution in [0.1, 0.15) is 329 Å². The summed E-state index contributed by atoms with van der Waals surface area (Å²) >= 11 is 0. The van der Waals surface area contributed by atoms with Crippen molar-refractivity contribution in [1.29, 1.82) is 0 Å². The number of unbranched alkanes of at least 4 members (excludes halogenated alkanes) is 36. The van der Waals surface area contributed by atoms with Gasteiger partial charge in [-0.3, -0.25) is 14.4 Å². The van der Waals surface area contributed by atoms with Gasteiger partial charge in [-0.1, -0.05) is 299 Å². The van der Waals surface area contributed by atoms with Crippen molar-refractivity contribution >= 4 is 17.9 Å². The van der Waals surface area contributed by atoms with Gasteiger partial charge in [0.15, 0.2) is 6.10 Å². The molecule has 0 heterocycles. The van der Waals surface area contributed by atoms with Crippen LogP contribution in [0.3, 0.4) is 0 Å². The summed E-state index contributed by atoms with van der Waals surface area (Å²) in [6, 6.07) is 0. The Morgan fingerprint density at radius 1 is 0.267 bits per heavy atom. The van der Waals surface area contributed by atoms with E-state index in [4.69, 9.17) is 14.2 Å². The predicted octanol–water partition coefficient (Wildman–Crippen LogP) is 22.1. The quantitative estimate of drug-likeness (QED) is 0.0261. The second kappa shape index (κ2) is 63.4. The van der Waals surface area contributed by atoms with Crippen LogP contribution in [0.15, 0.2) is 72.9 Å². The Bertz CT molecular complexity index is 1390. The minimum Gasteiger partial charge on any atom is -0.462 e. The first-order valence-corrected chi connectivity index (χ1v) is 32.4. The van der Waals surface area contributed by atoms with Crippen LogP contribution < -0.4 is 0 Å². The fraction of sp³-hybridized carbons (Fsp3) is 0.783. The lowest BCUT2D eigenvalue weighted by atomic mass is 10.0. The van der Waals surface area contributed by atoms with Crippen molar-refractivity contribution in [3.8, 4) is 0 Å². The van der Waals surface area contributed by atoms with Gasteiger partial charge in [0.2, 0.25) is 0 Å². The summed E-state index contributed by atoms with van der Waals surface area (Å²) in [6.45, 7) is 6.59. The van der Waals surface area contributed by atoms with Crippen molar-refractivity contribution in [2.75, 3.05) is 13.2 Å². The van der Waals surface area contributed by atoms with Gasteiger partial charge in [-0.2, -0.15) is 0 Å². The molecular weight excluding hydrogens is 925 g/mol. The Balaban J connectivity index is 4.45. The van der Waals surface area contributed by atoms with E-state index in [2.05, 4.69) is 87.6 Å². The lowest BCUT2D eigenvalue weighted by Crippen LogP contribution is -2.30. The van der Waals surface area contributed by atoms with Gasteiger partial charge in [-0.15, -0.1) is 0 Å². The van der Waals surface area contributed by atoms with Crippen LogP contribution in [0.4, 0.5) is 0 Å². The Kier molecular flexibility index (Phi) is 60.7. The molecule has 75 heavy (non-hydrogen) atoms. The third-order valence-corrected chi connectivity index (χ3v) is 14.2. The molecule has 0 aromatic heterocycles. The number of esters is 3. The molecule has 0 spiro atoms. The molecule has 0 aliphatic rings. The first kappa shape index (κ1) is 71.8. The van der Waals surface area contributed by atoms with E-state index in [9.17, 15) is 14.4 Å². The number of allylic oxidation sites excluding steroid dienone is 12. The number of carbonyl (C=O) groups excluding carboxylic acids is 3. The summed E-state index contributed by atoms with van der Waals surface area (Å²) in [7, 11) is 0. The van der Waals surface area contributed by atoms with Gasteiger partial charge in [-0.05, 0) is 83.5 Å². The largest absolute Gasteiger partial charge is 0.462 e. The van der Waals surface area contributed by atoms with Gasteiger partial charge in [0.1, 0.15) is 13.2 Å². The maximum Gasteiger partial charge on any atom is 0.306 e. The average Bonchev–Trinajstić information content (AvgIpc) is 3.41. The van der Waals surface area contributed by atoms with Crippen molar-refractivity contribution in [3.63, 3.8) is 0 Å². The molecule has 0 N–H and O–H groups in total. The number of ether oxygens (including phenoxy) is 3. The molecule has 0 rings (SSSR count). The average molecular weight is 1050 g/mol. The lowest BCUT2D eigenvalue weighted by Gasteiger charge is -2.18. The second-order valence-corrected chi connectivity index (χ2v) is 21.7. The van der Waals surface area contributed by atoms with E-state index in [0.717, 1.165) is 64.2 Å². The van der Waals surface area contributed by atoms with Gasteiger partial charge in [-0.25, -0.2) is 0 Å². The zero-order chi connectivity index (χ0) is 54.3. The highest BCUT2D eigenvalue weighted by Gasteiger charge is 2.19. The highest BCUT2D eigenvalue weighted by atomic mass is 16.6. The fourth-order valence-electron chi connectivity index (χ4n) is 9.31. The number of rotatable bonds is 59. The Morgan fingerprint density at radius 3 is 0.840 bits per heavy atom. The predicted molar refractivity (Wildman–Crippen MR) is 325 cm³/mol. The lowest BCUT2D eigenvalue weighted by molar-refractivity contribution is -0.166. The van der Waals surface area contributed by atoms with E-state index in [1.165, 1.54) is 218 Å². The molecule has 0 bridgehead atoms. The molecule has 6 heteroatoms. The Morgan fingerprint density at radius 2 is 0.507 bits per heavy atom. The maximum atomic E-state index is 12.9. The molecule has 0 aliphatic heterocycles. The first-order valence-electron chi connectivity index (χ1n) is 32.4. The minimum atomic E-state index is -0.816. The number of hydrogen-bond acceptors (Lipinski definition) is 6. The molecule has 0 saturated carbocycles. The summed E-state index contributed by atoms with van der Waals surface area (Å²) in [5.41, 5.74) is 0. The van der Waals surface area contributed by atoms with Gasteiger partial charge in [0.25, 0.3) is 0 Å². The van der Waals surface area contributed by atoms with Crippen LogP contribution >= 0.6 is 0 Å². The monoisotopic (exact) mass is 1050 g/mol. The molecule has 0 radical (unpaired) electrons. The molecule has 6 nitrogen and oxygen atoms in total. The molecule has 0 amide bonds. The van der Waals surface area contributed by atoms with Crippen LogP contribution in [-0.2, 0) is 28.6 Å². The van der Waals surface area contributed by atoms with E-state index >= 15 is 0 Å². The van der Waals surface area contributed by atoms with Crippen molar-refractivity contribution < 1.29 is 28.6 Å². The normalized spacial score (nSPS) is 12.5. The molecule has 0 fully saturated rings. The smallest absolute Gasteiger partial charge is 0.306 e. The summed E-state index contributed by atoms with van der Waals surface area (Å²) in [5.74, 6) is -0.971. The zero-order valence-electron chi connectivity index (χ0n) is 49.8. The summed E-state index contributed by atoms with van der Waals surface area (Å²) in [5, 5.41) is 0. The number of carbonyl (C=O) groups is 3. The Labute approximate surface area is 465 Å². The molecule has 434 valence electrons. The van der Waals surface area contributed by atoms with Crippen molar-refractivity contribution in [3.05, 3.63) is 72.9 Å². The molecular formula is C69H122O6. The standard InChI is InChI=1S/C69H122O6/c1-4-7-10-13-16-19-22-25-28-31-34-37-40-43-46-49-52-55-58-61-67(70)73-64-66(75-69(72)63-60-57-54-51-48-45-42-39-36-33-30-27-24-21-18-15-12-9-6-3)65-74-68(71)62-59-56-53-50-47-44-41-38-35-32-29-26-23-20-17-14-11-8-5-2/h18,21,25,27-28,30,36,39,45,48,54,57,66H,4-17,19-20,22-24,26,29,31-35,37-38,40-44,46-47,49-53,55-56,58-65H2,1-3H3/b21-18-,28-25-,30-27-,39-36-,48-45-,57-54-/t66-/m1/s1. The summed E-state index contributed by atoms with van der Waals surface area (Å²) < 4.78 is 16.9. The van der Waals surface area contributed by atoms with Crippen molar-refractivity contribution in [1.82, 2.24) is 0 Å². The van der Waals surface area contributed by atoms with Gasteiger partial charge < -0.3 is 14.2 Å². The maximum absolute atomic E-state index is 12.9. The first-order chi connectivity index (χ1) is 37.0. The van der Waals surface area contributed by atoms with E-state index in [-0.39, 0.29) is 37.5 Å². The van der Waals surface area contributed by atoms with Crippen LogP contribution in [0, 0.1) is 0 Å². The highest BCUT2D eigenvalue weighted by Crippen LogP contribution is 2.17. The van der Waals surface area contributed by atoms with Gasteiger partial charge in [0, 0.05) is 19.3 Å². The third-order valence-electron chi connectivity index (χ3n) is 14.2. The molecule has 0 aromatic carbocycles. The second-order valence-electron chi connectivity index (χ2n) is 21.7. The van der Waals surface area contributed by atoms with Crippen LogP contribution in [-0.4, -0.2) is 37.2 Å². The molecule has 1 atom stereocenters. The molecule has 0 saturated heterocycles. The zero-order valence-corrected chi connectivity index (χ0v) is 49.8. The molecule has 0 unspecified atom stereocenters. The molecule has 0 aliphatic carbocycles. The SMILES string of the molecule is CCCCC/C=C\C/C=C\C/C=C\C/C=C\C/C=C\CCC(=O)O[C@H](COC(=O)CCCCCCCCCCC/C=C\CCCCCCCC)COC(=O)CCCCCCCCCCCCCCCCCCCCC. The van der Waals surface area contributed by atoms with Gasteiger partial charge >= 0.3 is 17.9 Å². The highest BCUT2D eigenvalue weighted by molar-refractivity contribution is 5.71. The minimum absolute atomic E-state index is 0.102. The van der Waals surface area contributed by atoms with Crippen molar-refractivity contribution in [2.24, 2.45) is 0 Å².